The standard InChI is InChI=1S/C15H19NO3S/c1-2-19-15(18)10-20-9-14(17)16-13-7-6-11-4-3-5-12(11)8-13/h6-8H,2-5,9-10H2,1H3,(H,16,17). The molecule has 1 aliphatic carbocycles. The first-order chi connectivity index (χ1) is 9.69. The van der Waals surface area contributed by atoms with Crippen molar-refractivity contribution < 1.29 is 14.3 Å². The summed E-state index contributed by atoms with van der Waals surface area (Å²) in [6.07, 6.45) is 3.43. The number of rotatable bonds is 6. The van der Waals surface area contributed by atoms with Crippen LogP contribution in [0, 0.1) is 0 Å². The second kappa shape index (κ2) is 7.33. The van der Waals surface area contributed by atoms with E-state index in [0.29, 0.717) is 6.61 Å². The monoisotopic (exact) mass is 293 g/mol. The lowest BCUT2D eigenvalue weighted by atomic mass is 10.1. The highest BCUT2D eigenvalue weighted by Gasteiger charge is 2.12. The van der Waals surface area contributed by atoms with Crippen LogP contribution in [0.4, 0.5) is 5.69 Å². The van der Waals surface area contributed by atoms with Gasteiger partial charge in [0, 0.05) is 5.69 Å². The molecule has 1 N–H and O–H groups in total. The van der Waals surface area contributed by atoms with Crippen LogP contribution in [0.15, 0.2) is 18.2 Å². The number of nitrogens with one attached hydrogen (secondary N) is 1. The molecule has 0 radical (unpaired) electrons. The van der Waals surface area contributed by atoms with Gasteiger partial charge in [0.1, 0.15) is 0 Å². The highest BCUT2D eigenvalue weighted by atomic mass is 32.2. The average Bonchev–Trinajstić information content (AvgIpc) is 2.86. The predicted molar refractivity (Wildman–Crippen MR) is 81.1 cm³/mol. The topological polar surface area (TPSA) is 55.4 Å². The maximum atomic E-state index is 11.8. The smallest absolute Gasteiger partial charge is 0.315 e. The van der Waals surface area contributed by atoms with E-state index in [1.807, 2.05) is 6.07 Å². The molecule has 0 aromatic heterocycles. The van der Waals surface area contributed by atoms with E-state index in [2.05, 4.69) is 17.4 Å². The molecule has 0 atom stereocenters. The Kier molecular flexibility index (Phi) is 5.47. The number of carbonyl (C=O) groups excluding carboxylic acids is 2. The molecule has 2 rings (SSSR count). The van der Waals surface area contributed by atoms with Crippen molar-refractivity contribution in [2.24, 2.45) is 0 Å². The Morgan fingerprint density at radius 3 is 2.85 bits per heavy atom. The number of ether oxygens (including phenoxy) is 1. The fourth-order valence-electron chi connectivity index (χ4n) is 2.28. The summed E-state index contributed by atoms with van der Waals surface area (Å²) < 4.78 is 4.80. The molecule has 108 valence electrons. The van der Waals surface area contributed by atoms with Crippen molar-refractivity contribution in [2.45, 2.75) is 26.2 Å². The van der Waals surface area contributed by atoms with Gasteiger partial charge in [0.2, 0.25) is 5.91 Å². The molecule has 20 heavy (non-hydrogen) atoms. The third kappa shape index (κ3) is 4.27. The van der Waals surface area contributed by atoms with E-state index in [4.69, 9.17) is 4.74 Å². The molecule has 1 aromatic carbocycles. The molecular weight excluding hydrogens is 274 g/mol. The molecule has 1 aromatic rings. The van der Waals surface area contributed by atoms with Crippen molar-refractivity contribution in [3.63, 3.8) is 0 Å². The van der Waals surface area contributed by atoms with Crippen molar-refractivity contribution in [3.8, 4) is 0 Å². The largest absolute Gasteiger partial charge is 0.465 e. The summed E-state index contributed by atoms with van der Waals surface area (Å²) in [4.78, 5) is 22.9. The molecule has 0 fully saturated rings. The summed E-state index contributed by atoms with van der Waals surface area (Å²) in [5, 5.41) is 2.87. The SMILES string of the molecule is CCOC(=O)CSCC(=O)Nc1ccc2c(c1)CCC2. The molecule has 0 saturated carbocycles. The molecule has 1 amide bonds. The number of fused-ring (bicyclic) bond motifs is 1. The Morgan fingerprint density at radius 1 is 1.25 bits per heavy atom. The number of esters is 1. The lowest BCUT2D eigenvalue weighted by molar-refractivity contribution is -0.139. The van der Waals surface area contributed by atoms with Gasteiger partial charge >= 0.3 is 5.97 Å². The number of hydrogen-bond donors (Lipinski definition) is 1. The van der Waals surface area contributed by atoms with Gasteiger partial charge in [0.25, 0.3) is 0 Å². The molecule has 0 heterocycles. The Morgan fingerprint density at radius 2 is 2.05 bits per heavy atom. The summed E-state index contributed by atoms with van der Waals surface area (Å²) in [7, 11) is 0. The van der Waals surface area contributed by atoms with Crippen LogP contribution < -0.4 is 5.32 Å². The van der Waals surface area contributed by atoms with Crippen molar-refractivity contribution in [2.75, 3.05) is 23.4 Å². The van der Waals surface area contributed by atoms with Gasteiger partial charge in [-0.2, -0.15) is 0 Å². The van der Waals surface area contributed by atoms with E-state index >= 15 is 0 Å². The number of amides is 1. The maximum Gasteiger partial charge on any atom is 0.315 e. The minimum atomic E-state index is -0.275. The lowest BCUT2D eigenvalue weighted by Gasteiger charge is -2.07. The van der Waals surface area contributed by atoms with Crippen molar-refractivity contribution in [1.82, 2.24) is 0 Å². The second-order valence-electron chi connectivity index (χ2n) is 4.68. The first-order valence-electron chi connectivity index (χ1n) is 6.84. The fraction of sp³-hybridized carbons (Fsp3) is 0.467. The summed E-state index contributed by atoms with van der Waals surface area (Å²) >= 11 is 1.27. The summed E-state index contributed by atoms with van der Waals surface area (Å²) in [5.74, 6) is 0.113. The number of anilines is 1. The first-order valence-corrected chi connectivity index (χ1v) is 7.99. The van der Waals surface area contributed by atoms with Crippen LogP contribution in [0.25, 0.3) is 0 Å². The fourth-order valence-corrected chi connectivity index (χ4v) is 2.89. The van der Waals surface area contributed by atoms with Gasteiger partial charge in [0.15, 0.2) is 0 Å². The van der Waals surface area contributed by atoms with Crippen LogP contribution in [0.1, 0.15) is 24.5 Å². The van der Waals surface area contributed by atoms with Crippen LogP contribution >= 0.6 is 11.8 Å². The Balaban J connectivity index is 1.76. The quantitative estimate of drug-likeness (QED) is 0.818. The van der Waals surface area contributed by atoms with Crippen molar-refractivity contribution in [3.05, 3.63) is 29.3 Å². The minimum absolute atomic E-state index is 0.0859. The molecule has 0 spiro atoms. The first kappa shape index (κ1) is 14.9. The number of hydrogen-bond acceptors (Lipinski definition) is 4. The van der Waals surface area contributed by atoms with Crippen LogP contribution in [-0.4, -0.2) is 30.0 Å². The minimum Gasteiger partial charge on any atom is -0.465 e. The van der Waals surface area contributed by atoms with Gasteiger partial charge in [0.05, 0.1) is 18.1 Å². The highest BCUT2D eigenvalue weighted by molar-refractivity contribution is 8.00. The molecule has 4 nitrogen and oxygen atoms in total. The zero-order chi connectivity index (χ0) is 14.4. The number of thioether (sulfide) groups is 1. The third-order valence-electron chi connectivity index (χ3n) is 3.14. The zero-order valence-electron chi connectivity index (χ0n) is 11.6. The summed E-state index contributed by atoms with van der Waals surface area (Å²) in [6.45, 7) is 2.14. The normalized spacial score (nSPS) is 12.8. The average molecular weight is 293 g/mol. The van der Waals surface area contributed by atoms with Crippen LogP contribution in [0.2, 0.25) is 0 Å². The Hall–Kier alpha value is -1.49. The van der Waals surface area contributed by atoms with Crippen LogP contribution in [0.3, 0.4) is 0 Å². The third-order valence-corrected chi connectivity index (χ3v) is 4.05. The highest BCUT2D eigenvalue weighted by Crippen LogP contribution is 2.24. The van der Waals surface area contributed by atoms with Gasteiger partial charge in [-0.05, 0) is 49.4 Å². The van der Waals surface area contributed by atoms with Crippen LogP contribution in [-0.2, 0) is 27.2 Å². The van der Waals surface area contributed by atoms with Gasteiger partial charge in [-0.15, -0.1) is 11.8 Å². The summed E-state index contributed by atoms with van der Waals surface area (Å²) in [5.41, 5.74) is 3.56. The zero-order valence-corrected chi connectivity index (χ0v) is 12.4. The summed E-state index contributed by atoms with van der Waals surface area (Å²) in [6, 6.07) is 6.08. The number of aryl methyl sites for hydroxylation is 2. The molecule has 0 saturated heterocycles. The van der Waals surface area contributed by atoms with E-state index in [1.165, 1.54) is 29.3 Å². The molecule has 5 heteroatoms. The Bertz CT molecular complexity index is 502. The lowest BCUT2D eigenvalue weighted by Crippen LogP contribution is -2.16. The van der Waals surface area contributed by atoms with Crippen molar-refractivity contribution in [1.29, 1.82) is 0 Å². The number of carbonyl (C=O) groups is 2. The van der Waals surface area contributed by atoms with E-state index in [1.54, 1.807) is 6.92 Å². The van der Waals surface area contributed by atoms with Gasteiger partial charge < -0.3 is 10.1 Å². The molecular formula is C15H19NO3S. The van der Waals surface area contributed by atoms with E-state index in [-0.39, 0.29) is 23.4 Å². The number of benzene rings is 1. The van der Waals surface area contributed by atoms with Gasteiger partial charge in [-0.25, -0.2) is 0 Å². The van der Waals surface area contributed by atoms with Gasteiger partial charge in [-0.3, -0.25) is 9.59 Å². The van der Waals surface area contributed by atoms with E-state index < -0.39 is 0 Å². The van der Waals surface area contributed by atoms with Gasteiger partial charge in [-0.1, -0.05) is 6.07 Å². The van der Waals surface area contributed by atoms with Crippen LogP contribution in [0.5, 0.6) is 0 Å². The maximum absolute atomic E-state index is 11.8. The molecule has 1 aliphatic rings. The van der Waals surface area contributed by atoms with E-state index in [0.717, 1.165) is 18.5 Å². The van der Waals surface area contributed by atoms with Crippen molar-refractivity contribution >= 4 is 29.3 Å². The molecule has 0 unspecified atom stereocenters. The molecule has 0 bridgehead atoms. The second-order valence-corrected chi connectivity index (χ2v) is 5.67. The molecule has 0 aliphatic heterocycles. The van der Waals surface area contributed by atoms with E-state index in [9.17, 15) is 9.59 Å². The Labute approximate surface area is 123 Å². The predicted octanol–water partition coefficient (Wildman–Crippen LogP) is 2.41.